The van der Waals surface area contributed by atoms with Crippen LogP contribution < -0.4 is 20.7 Å². The molecule has 0 aliphatic heterocycles. The minimum atomic E-state index is -0.0422. The number of guanidine groups is 1. The summed E-state index contributed by atoms with van der Waals surface area (Å²) in [5, 5.41) is 9.63. The number of nitrogens with zero attached hydrogens (tertiary/aromatic N) is 1. The maximum Gasteiger partial charge on any atom is 0.258 e. The second kappa shape index (κ2) is 14.5. The molecule has 0 unspecified atom stereocenters. The topological polar surface area (TPSA) is 74.8 Å². The number of ether oxygens (including phenoxy) is 1. The van der Waals surface area contributed by atoms with Crippen molar-refractivity contribution in [2.45, 2.75) is 58.9 Å². The maximum atomic E-state index is 11.7. The van der Waals surface area contributed by atoms with Crippen LogP contribution in [0.25, 0.3) is 0 Å². The van der Waals surface area contributed by atoms with Crippen molar-refractivity contribution in [2.75, 3.05) is 26.2 Å². The predicted octanol–water partition coefficient (Wildman–Crippen LogP) is 3.50. The van der Waals surface area contributed by atoms with E-state index in [4.69, 9.17) is 9.73 Å². The molecule has 3 N–H and O–H groups in total. The summed E-state index contributed by atoms with van der Waals surface area (Å²) >= 11 is 0. The third kappa shape index (κ3) is 10.7. The number of nitrogens with one attached hydrogen (secondary N) is 3. The highest BCUT2D eigenvalue weighted by atomic mass is 127. The Morgan fingerprint density at radius 2 is 1.83 bits per heavy atom. The number of benzene rings is 1. The molecule has 164 valence electrons. The monoisotopic (exact) mass is 516 g/mol. The summed E-state index contributed by atoms with van der Waals surface area (Å²) in [6, 6.07) is 8.31. The molecule has 1 aliphatic rings. The van der Waals surface area contributed by atoms with Crippen molar-refractivity contribution < 1.29 is 9.53 Å². The van der Waals surface area contributed by atoms with Crippen molar-refractivity contribution in [1.82, 2.24) is 16.0 Å². The lowest BCUT2D eigenvalue weighted by Crippen LogP contribution is -2.38. The summed E-state index contributed by atoms with van der Waals surface area (Å²) in [6.45, 7) is 9.14. The summed E-state index contributed by atoms with van der Waals surface area (Å²) in [6.07, 6.45) is 5.41. The van der Waals surface area contributed by atoms with Gasteiger partial charge in [-0.2, -0.15) is 0 Å². The van der Waals surface area contributed by atoms with Gasteiger partial charge in [0.25, 0.3) is 5.91 Å². The fourth-order valence-electron chi connectivity index (χ4n) is 2.83. The lowest BCUT2D eigenvalue weighted by Gasteiger charge is -2.14. The largest absolute Gasteiger partial charge is 0.484 e. The van der Waals surface area contributed by atoms with Crippen LogP contribution in [-0.4, -0.2) is 44.1 Å². The number of amides is 1. The van der Waals surface area contributed by atoms with E-state index in [1.807, 2.05) is 24.3 Å². The number of hydrogen-bond acceptors (Lipinski definition) is 3. The van der Waals surface area contributed by atoms with Crippen molar-refractivity contribution in [2.24, 2.45) is 10.9 Å². The van der Waals surface area contributed by atoms with Gasteiger partial charge >= 0.3 is 0 Å². The van der Waals surface area contributed by atoms with Gasteiger partial charge in [0.1, 0.15) is 5.75 Å². The van der Waals surface area contributed by atoms with E-state index in [1.54, 1.807) is 0 Å². The van der Waals surface area contributed by atoms with E-state index in [0.29, 0.717) is 12.0 Å². The second-order valence-corrected chi connectivity index (χ2v) is 7.35. The first-order chi connectivity index (χ1) is 13.6. The average Bonchev–Trinajstić information content (AvgIpc) is 3.52. The van der Waals surface area contributed by atoms with Crippen LogP contribution in [0.15, 0.2) is 29.3 Å². The highest BCUT2D eigenvalue weighted by Crippen LogP contribution is 2.18. The first-order valence-electron chi connectivity index (χ1n) is 10.7. The molecule has 1 saturated carbocycles. The Morgan fingerprint density at radius 1 is 1.14 bits per heavy atom. The zero-order chi connectivity index (χ0) is 20.2. The van der Waals surface area contributed by atoms with E-state index in [-0.39, 0.29) is 36.5 Å². The molecular weight excluding hydrogens is 479 g/mol. The van der Waals surface area contributed by atoms with Gasteiger partial charge in [-0.25, -0.2) is 0 Å². The van der Waals surface area contributed by atoms with Gasteiger partial charge < -0.3 is 20.7 Å². The number of aliphatic imine (C=N–C) groups is 1. The van der Waals surface area contributed by atoms with Crippen molar-refractivity contribution >= 4 is 35.8 Å². The van der Waals surface area contributed by atoms with Crippen LogP contribution >= 0.6 is 24.0 Å². The Kier molecular flexibility index (Phi) is 12.7. The van der Waals surface area contributed by atoms with Crippen LogP contribution in [0.4, 0.5) is 0 Å². The van der Waals surface area contributed by atoms with Gasteiger partial charge in [0, 0.05) is 25.7 Å². The molecule has 1 aliphatic carbocycles. The number of carbonyl (C=O) groups excluding carboxylic acids is 1. The van der Waals surface area contributed by atoms with E-state index < -0.39 is 0 Å². The molecule has 6 nitrogen and oxygen atoms in total. The molecule has 0 aromatic heterocycles. The Hall–Kier alpha value is -1.51. The maximum absolute atomic E-state index is 11.7. The van der Waals surface area contributed by atoms with Crippen LogP contribution in [0.2, 0.25) is 0 Å². The molecule has 0 spiro atoms. The Bertz CT molecular complexity index is 614. The molecule has 1 aromatic rings. The minimum Gasteiger partial charge on any atom is -0.484 e. The molecule has 0 saturated heterocycles. The third-order valence-corrected chi connectivity index (χ3v) is 4.95. The molecule has 0 radical (unpaired) electrons. The van der Waals surface area contributed by atoms with E-state index in [0.717, 1.165) is 63.4 Å². The number of carbonyl (C=O) groups is 1. The second-order valence-electron chi connectivity index (χ2n) is 7.35. The highest BCUT2D eigenvalue weighted by molar-refractivity contribution is 14.0. The quantitative estimate of drug-likeness (QED) is 0.226. The summed E-state index contributed by atoms with van der Waals surface area (Å²) in [5.74, 6) is 2.22. The van der Waals surface area contributed by atoms with Gasteiger partial charge in [-0.15, -0.1) is 24.0 Å². The Morgan fingerprint density at radius 3 is 2.41 bits per heavy atom. The molecule has 0 bridgehead atoms. The van der Waals surface area contributed by atoms with Gasteiger partial charge in [0.2, 0.25) is 0 Å². The normalized spacial score (nSPS) is 13.6. The van der Waals surface area contributed by atoms with E-state index in [1.165, 1.54) is 5.56 Å². The molecule has 1 amide bonds. The zero-order valence-corrected chi connectivity index (χ0v) is 20.3. The van der Waals surface area contributed by atoms with Gasteiger partial charge in [0.15, 0.2) is 12.6 Å². The van der Waals surface area contributed by atoms with E-state index in [2.05, 4.69) is 36.7 Å². The molecule has 1 fully saturated rings. The molecule has 0 heterocycles. The SMILES string of the molecule is CCNC(=NCC(CC)CC)NCCc1ccc(OCC(=O)NC2CC2)cc1.I. The van der Waals surface area contributed by atoms with Crippen LogP contribution in [0, 0.1) is 5.92 Å². The average molecular weight is 516 g/mol. The van der Waals surface area contributed by atoms with Crippen molar-refractivity contribution in [3.63, 3.8) is 0 Å². The lowest BCUT2D eigenvalue weighted by atomic mass is 10.0. The summed E-state index contributed by atoms with van der Waals surface area (Å²) in [5.41, 5.74) is 1.22. The van der Waals surface area contributed by atoms with Gasteiger partial charge in [-0.05, 0) is 49.8 Å². The van der Waals surface area contributed by atoms with Gasteiger partial charge in [0.05, 0.1) is 0 Å². The molecule has 7 heteroatoms. The van der Waals surface area contributed by atoms with Crippen LogP contribution in [0.3, 0.4) is 0 Å². The van der Waals surface area contributed by atoms with Crippen molar-refractivity contribution in [3.8, 4) is 5.75 Å². The Balaban J connectivity index is 0.00000420. The standard InChI is InChI=1S/C22H36N4O2.HI/c1-4-17(5-2)15-25-22(23-6-3)24-14-13-18-7-11-20(12-8-18)28-16-21(27)26-19-9-10-19;/h7-8,11-12,17,19H,4-6,9-10,13-16H2,1-3H3,(H,26,27)(H2,23,24,25);1H. The zero-order valence-electron chi connectivity index (χ0n) is 18.0. The fraction of sp³-hybridized carbons (Fsp3) is 0.636. The number of hydrogen-bond donors (Lipinski definition) is 3. The molecule has 29 heavy (non-hydrogen) atoms. The smallest absolute Gasteiger partial charge is 0.258 e. The van der Waals surface area contributed by atoms with Gasteiger partial charge in [-0.3, -0.25) is 9.79 Å². The summed E-state index contributed by atoms with van der Waals surface area (Å²) in [7, 11) is 0. The summed E-state index contributed by atoms with van der Waals surface area (Å²) < 4.78 is 5.54. The predicted molar refractivity (Wildman–Crippen MR) is 130 cm³/mol. The number of rotatable bonds is 12. The minimum absolute atomic E-state index is 0. The number of halogens is 1. The molecule has 0 atom stereocenters. The van der Waals surface area contributed by atoms with E-state index in [9.17, 15) is 4.79 Å². The third-order valence-electron chi connectivity index (χ3n) is 4.95. The first kappa shape index (κ1) is 25.5. The fourth-order valence-corrected chi connectivity index (χ4v) is 2.83. The molecule has 2 rings (SSSR count). The van der Waals surface area contributed by atoms with E-state index >= 15 is 0 Å². The summed E-state index contributed by atoms with van der Waals surface area (Å²) in [4.78, 5) is 16.4. The highest BCUT2D eigenvalue weighted by Gasteiger charge is 2.23. The molecule has 1 aromatic carbocycles. The molecular formula is C22H37IN4O2. The van der Waals surface area contributed by atoms with Crippen LogP contribution in [-0.2, 0) is 11.2 Å². The van der Waals surface area contributed by atoms with Crippen molar-refractivity contribution in [3.05, 3.63) is 29.8 Å². The first-order valence-corrected chi connectivity index (χ1v) is 10.7. The van der Waals surface area contributed by atoms with Crippen molar-refractivity contribution in [1.29, 1.82) is 0 Å². The van der Waals surface area contributed by atoms with Gasteiger partial charge in [-0.1, -0.05) is 38.8 Å². The van der Waals surface area contributed by atoms with Crippen LogP contribution in [0.1, 0.15) is 52.0 Å². The Labute approximate surface area is 192 Å². The lowest BCUT2D eigenvalue weighted by molar-refractivity contribution is -0.123. The van der Waals surface area contributed by atoms with Crippen LogP contribution in [0.5, 0.6) is 5.75 Å².